The monoisotopic (exact) mass is 318 g/mol. The minimum atomic E-state index is -3.85. The number of carboxylic acid groups (broad SMARTS) is 1. The number of carboxylic acids is 1. The number of carbonyl (C=O) groups excluding carboxylic acids is 1. The van der Waals surface area contributed by atoms with E-state index in [2.05, 4.69) is 10.0 Å². The Morgan fingerprint density at radius 2 is 2.15 bits per heavy atom. The Labute approximate surface area is 120 Å². The van der Waals surface area contributed by atoms with E-state index in [1.165, 1.54) is 0 Å². The van der Waals surface area contributed by atoms with Gasteiger partial charge >= 0.3 is 5.97 Å². The molecular weight excluding hydrogens is 308 g/mol. The van der Waals surface area contributed by atoms with E-state index >= 15 is 0 Å². The molecule has 1 aromatic carbocycles. The maximum absolute atomic E-state index is 12.1. The minimum Gasteiger partial charge on any atom is -0.478 e. The van der Waals surface area contributed by atoms with Gasteiger partial charge in [-0.25, -0.2) is 17.9 Å². The van der Waals surface area contributed by atoms with Crippen LogP contribution in [0.3, 0.4) is 0 Å². The summed E-state index contributed by atoms with van der Waals surface area (Å²) >= 11 is 5.73. The topological polar surface area (TPSA) is 113 Å². The lowest BCUT2D eigenvalue weighted by Gasteiger charge is -2.11. The summed E-state index contributed by atoms with van der Waals surface area (Å²) in [5.41, 5.74) is -0.177. The number of aromatic carboxylic acids is 1. The number of hydrogen-bond acceptors (Lipinski definition) is 4. The van der Waals surface area contributed by atoms with Crippen LogP contribution in [0.1, 0.15) is 16.8 Å². The summed E-state index contributed by atoms with van der Waals surface area (Å²) in [6.45, 7) is 0.221. The molecule has 1 aliphatic heterocycles. The summed E-state index contributed by atoms with van der Waals surface area (Å²) in [4.78, 5) is 21.7. The van der Waals surface area contributed by atoms with E-state index in [-0.39, 0.29) is 34.4 Å². The van der Waals surface area contributed by atoms with Crippen LogP contribution in [0.4, 0.5) is 0 Å². The first kappa shape index (κ1) is 14.8. The van der Waals surface area contributed by atoms with Gasteiger partial charge in [0.25, 0.3) is 0 Å². The zero-order valence-electron chi connectivity index (χ0n) is 10.1. The zero-order chi connectivity index (χ0) is 14.9. The van der Waals surface area contributed by atoms with Gasteiger partial charge in [-0.3, -0.25) is 4.79 Å². The Morgan fingerprint density at radius 1 is 1.45 bits per heavy atom. The summed E-state index contributed by atoms with van der Waals surface area (Å²) in [6, 6.07) is 2.82. The van der Waals surface area contributed by atoms with Gasteiger partial charge in [0.1, 0.15) is 0 Å². The van der Waals surface area contributed by atoms with Crippen LogP contribution < -0.4 is 10.0 Å². The predicted molar refractivity (Wildman–Crippen MR) is 70.1 cm³/mol. The number of carbonyl (C=O) groups is 2. The van der Waals surface area contributed by atoms with Crippen molar-refractivity contribution in [1.82, 2.24) is 10.0 Å². The molecule has 1 amide bonds. The van der Waals surface area contributed by atoms with Crippen molar-refractivity contribution in [2.75, 3.05) is 6.54 Å². The van der Waals surface area contributed by atoms with E-state index in [4.69, 9.17) is 16.7 Å². The van der Waals surface area contributed by atoms with Crippen molar-refractivity contribution >= 4 is 33.5 Å². The molecule has 108 valence electrons. The quantitative estimate of drug-likeness (QED) is 0.734. The van der Waals surface area contributed by atoms with E-state index in [1.54, 1.807) is 0 Å². The average Bonchev–Trinajstić information content (AvgIpc) is 2.73. The van der Waals surface area contributed by atoms with Crippen LogP contribution in [-0.4, -0.2) is 38.0 Å². The van der Waals surface area contributed by atoms with Crippen molar-refractivity contribution in [3.05, 3.63) is 28.8 Å². The third kappa shape index (κ3) is 3.09. The summed E-state index contributed by atoms with van der Waals surface area (Å²) in [5.74, 6) is -1.46. The molecule has 2 rings (SSSR count). The van der Waals surface area contributed by atoms with Crippen LogP contribution in [0, 0.1) is 0 Å². The van der Waals surface area contributed by atoms with E-state index in [9.17, 15) is 18.0 Å². The van der Waals surface area contributed by atoms with E-state index in [0.717, 1.165) is 18.2 Å². The number of halogens is 1. The Morgan fingerprint density at radius 3 is 2.65 bits per heavy atom. The lowest BCUT2D eigenvalue weighted by atomic mass is 10.2. The second kappa shape index (κ2) is 5.39. The SMILES string of the molecule is O=C1CC(NS(=O)(=O)c2ccc(C(=O)O)c(Cl)c2)CN1. The highest BCUT2D eigenvalue weighted by molar-refractivity contribution is 7.89. The number of hydrogen-bond donors (Lipinski definition) is 3. The standard InChI is InChI=1S/C11H11ClN2O5S/c12-9-4-7(1-2-8(9)11(16)17)20(18,19)14-6-3-10(15)13-5-6/h1-2,4,6,14H,3,5H2,(H,13,15)(H,16,17). The molecule has 9 heteroatoms. The van der Waals surface area contributed by atoms with Crippen molar-refractivity contribution in [3.63, 3.8) is 0 Å². The van der Waals surface area contributed by atoms with Crippen molar-refractivity contribution in [3.8, 4) is 0 Å². The van der Waals surface area contributed by atoms with E-state index in [1.807, 2.05) is 0 Å². The van der Waals surface area contributed by atoms with Gasteiger partial charge in [-0.05, 0) is 18.2 Å². The summed E-state index contributed by atoms with van der Waals surface area (Å²) in [6.07, 6.45) is 0.0696. The molecule has 3 N–H and O–H groups in total. The van der Waals surface area contributed by atoms with Crippen molar-refractivity contribution in [1.29, 1.82) is 0 Å². The van der Waals surface area contributed by atoms with Crippen LogP contribution >= 0.6 is 11.6 Å². The van der Waals surface area contributed by atoms with Gasteiger partial charge in [-0.15, -0.1) is 0 Å². The molecule has 0 aromatic heterocycles. The highest BCUT2D eigenvalue weighted by Gasteiger charge is 2.27. The van der Waals surface area contributed by atoms with Gasteiger partial charge in [0.2, 0.25) is 15.9 Å². The molecule has 20 heavy (non-hydrogen) atoms. The molecule has 1 fully saturated rings. The first-order valence-electron chi connectivity index (χ1n) is 5.61. The van der Waals surface area contributed by atoms with Crippen molar-refractivity contribution in [2.24, 2.45) is 0 Å². The third-order valence-corrected chi connectivity index (χ3v) is 4.61. The Balaban J connectivity index is 2.23. The first-order valence-corrected chi connectivity index (χ1v) is 7.47. The normalized spacial score (nSPS) is 18.9. The molecule has 0 saturated carbocycles. The lowest BCUT2D eigenvalue weighted by Crippen LogP contribution is -2.36. The van der Waals surface area contributed by atoms with Crippen LogP contribution in [0.25, 0.3) is 0 Å². The molecule has 1 aliphatic rings. The van der Waals surface area contributed by atoms with Crippen LogP contribution in [0.15, 0.2) is 23.1 Å². The molecule has 0 radical (unpaired) electrons. The highest BCUT2D eigenvalue weighted by atomic mass is 35.5. The maximum Gasteiger partial charge on any atom is 0.337 e. The van der Waals surface area contributed by atoms with Crippen molar-refractivity contribution < 1.29 is 23.1 Å². The lowest BCUT2D eigenvalue weighted by molar-refractivity contribution is -0.119. The second-order valence-corrected chi connectivity index (χ2v) is 6.39. The zero-order valence-corrected chi connectivity index (χ0v) is 11.7. The van der Waals surface area contributed by atoms with Gasteiger partial charge in [0.15, 0.2) is 0 Å². The molecule has 0 spiro atoms. The highest BCUT2D eigenvalue weighted by Crippen LogP contribution is 2.21. The fourth-order valence-corrected chi connectivity index (χ4v) is 3.40. The molecule has 1 saturated heterocycles. The Bertz CT molecular complexity index is 673. The van der Waals surface area contributed by atoms with Gasteiger partial charge in [0, 0.05) is 19.0 Å². The molecule has 1 aromatic rings. The second-order valence-electron chi connectivity index (χ2n) is 4.27. The number of amides is 1. The van der Waals surface area contributed by atoms with Crippen LogP contribution in [-0.2, 0) is 14.8 Å². The molecule has 1 unspecified atom stereocenters. The largest absolute Gasteiger partial charge is 0.478 e. The predicted octanol–water partition coefficient (Wildman–Crippen LogP) is 0.205. The molecule has 0 aliphatic carbocycles. The smallest absolute Gasteiger partial charge is 0.337 e. The number of rotatable bonds is 4. The molecular formula is C11H11ClN2O5S. The fourth-order valence-electron chi connectivity index (χ4n) is 1.81. The Hall–Kier alpha value is -1.64. The molecule has 0 bridgehead atoms. The van der Waals surface area contributed by atoms with Gasteiger partial charge in [-0.1, -0.05) is 11.6 Å². The number of nitrogens with one attached hydrogen (secondary N) is 2. The number of benzene rings is 1. The fraction of sp³-hybridized carbons (Fsp3) is 0.273. The summed E-state index contributed by atoms with van der Waals surface area (Å²) in [7, 11) is -3.85. The summed E-state index contributed by atoms with van der Waals surface area (Å²) in [5, 5.41) is 11.2. The third-order valence-electron chi connectivity index (χ3n) is 2.78. The van der Waals surface area contributed by atoms with Gasteiger partial charge < -0.3 is 10.4 Å². The Kier molecular flexibility index (Phi) is 3.98. The van der Waals surface area contributed by atoms with E-state index < -0.39 is 22.0 Å². The average molecular weight is 319 g/mol. The van der Waals surface area contributed by atoms with Crippen LogP contribution in [0.2, 0.25) is 5.02 Å². The summed E-state index contributed by atoms with van der Waals surface area (Å²) < 4.78 is 26.5. The van der Waals surface area contributed by atoms with E-state index in [0.29, 0.717) is 0 Å². The van der Waals surface area contributed by atoms with Gasteiger partial charge in [-0.2, -0.15) is 0 Å². The minimum absolute atomic E-state index is 0.0696. The number of sulfonamides is 1. The maximum atomic E-state index is 12.1. The molecule has 1 heterocycles. The first-order chi connectivity index (χ1) is 9.29. The van der Waals surface area contributed by atoms with Crippen LogP contribution in [0.5, 0.6) is 0 Å². The van der Waals surface area contributed by atoms with Crippen molar-refractivity contribution in [2.45, 2.75) is 17.4 Å². The molecule has 1 atom stereocenters. The van der Waals surface area contributed by atoms with Gasteiger partial charge in [0.05, 0.1) is 15.5 Å². The molecule has 7 nitrogen and oxygen atoms in total.